The molecule has 0 radical (unpaired) electrons. The summed E-state index contributed by atoms with van der Waals surface area (Å²) in [5.74, 6) is -0.0252. The Morgan fingerprint density at radius 1 is 0.677 bits per heavy atom. The molecule has 0 aromatic heterocycles. The van der Waals surface area contributed by atoms with Gasteiger partial charge in [-0.05, 0) is 116 Å². The highest BCUT2D eigenvalue weighted by Crippen LogP contribution is 2.76. The van der Waals surface area contributed by atoms with Crippen LogP contribution in [-0.4, -0.2) is 168 Å². The van der Waals surface area contributed by atoms with Crippen molar-refractivity contribution in [3.8, 4) is 0 Å². The summed E-state index contributed by atoms with van der Waals surface area (Å²) in [5, 5.41) is 107. The first kappa shape index (κ1) is 50.0. The Labute approximate surface area is 382 Å². The number of hydrogen-bond acceptors (Lipinski definition) is 16. The minimum absolute atomic E-state index is 0.0305. The molecule has 0 bridgehead atoms. The Morgan fingerprint density at radius 3 is 1.95 bits per heavy atom. The molecular weight excluding hydrogens is 849 g/mol. The lowest BCUT2D eigenvalue weighted by Crippen LogP contribution is -2.66. The molecule has 65 heavy (non-hydrogen) atoms. The molecule has 23 unspecified atom stereocenters. The van der Waals surface area contributed by atoms with E-state index in [1.165, 1.54) is 12.5 Å². The predicted molar refractivity (Wildman–Crippen MR) is 229 cm³/mol. The van der Waals surface area contributed by atoms with Crippen LogP contribution in [-0.2, 0) is 33.2 Å². The number of fused-ring (bicyclic) bond motifs is 7. The molecule has 17 nitrogen and oxygen atoms in total. The highest BCUT2D eigenvalue weighted by molar-refractivity contribution is 5.76. The van der Waals surface area contributed by atoms with E-state index in [0.29, 0.717) is 18.8 Å². The van der Waals surface area contributed by atoms with Gasteiger partial charge in [0.15, 0.2) is 18.9 Å². The summed E-state index contributed by atoms with van der Waals surface area (Å²) in [4.78, 5) is 13.1. The van der Waals surface area contributed by atoms with Crippen molar-refractivity contribution in [1.29, 1.82) is 0 Å². The van der Waals surface area contributed by atoms with Crippen LogP contribution in [0.15, 0.2) is 11.6 Å². The highest BCUT2D eigenvalue weighted by atomic mass is 16.8. The Hall–Kier alpha value is -1.39. The van der Waals surface area contributed by atoms with E-state index in [1.807, 2.05) is 0 Å². The third kappa shape index (κ3) is 7.90. The number of carbonyl (C=O) groups is 1. The van der Waals surface area contributed by atoms with Gasteiger partial charge in [-0.3, -0.25) is 4.79 Å². The second-order valence-electron chi connectivity index (χ2n) is 23.5. The first-order chi connectivity index (χ1) is 30.3. The normalized spacial score (nSPS) is 54.0. The lowest BCUT2D eigenvalue weighted by atomic mass is 9.33. The Balaban J connectivity index is 0.935. The Morgan fingerprint density at radius 2 is 1.29 bits per heavy atom. The highest BCUT2D eigenvalue weighted by Gasteiger charge is 2.70. The van der Waals surface area contributed by atoms with Gasteiger partial charge in [-0.2, -0.15) is 0 Å². The minimum atomic E-state index is -1.79. The van der Waals surface area contributed by atoms with Crippen molar-refractivity contribution in [3.05, 3.63) is 11.6 Å². The van der Waals surface area contributed by atoms with Crippen LogP contribution in [0.4, 0.5) is 0 Å². The molecule has 5 aliphatic carbocycles. The van der Waals surface area contributed by atoms with E-state index in [4.69, 9.17) is 28.4 Å². The van der Waals surface area contributed by atoms with E-state index in [9.17, 15) is 55.9 Å². The van der Waals surface area contributed by atoms with Crippen LogP contribution in [0.2, 0.25) is 0 Å². The number of aliphatic hydroxyl groups excluding tert-OH is 9. The first-order valence-corrected chi connectivity index (χ1v) is 24.2. The van der Waals surface area contributed by atoms with Crippen molar-refractivity contribution < 1.29 is 84.3 Å². The third-order valence-corrected chi connectivity index (χ3v) is 19.3. The van der Waals surface area contributed by atoms with Crippen LogP contribution in [0.1, 0.15) is 120 Å². The van der Waals surface area contributed by atoms with Crippen LogP contribution in [0.5, 0.6) is 0 Å². The molecule has 3 heterocycles. The van der Waals surface area contributed by atoms with Crippen molar-refractivity contribution >= 4 is 5.97 Å². The van der Waals surface area contributed by atoms with E-state index in [-0.39, 0.29) is 33.5 Å². The van der Waals surface area contributed by atoms with Gasteiger partial charge < -0.3 is 79.5 Å². The van der Waals surface area contributed by atoms with Gasteiger partial charge in [0.2, 0.25) is 0 Å². The molecule has 17 heteroatoms. The Kier molecular flexibility index (Phi) is 13.4. The SMILES string of the molecule is CC1OC(OC2C(CO)OC(OCC3OC(OC4CCC5(C)C(CCC6(C)C5CC=C5C7CC(C)(C)CCC7(C(=O)O)CCC56C)C4(C)C)C(O)C(O)C3O)C(O)C2O)C(O)C(O)C1O. The lowest BCUT2D eigenvalue weighted by molar-refractivity contribution is -0.365. The van der Waals surface area contributed by atoms with E-state index < -0.39 is 128 Å². The smallest absolute Gasteiger partial charge is 0.310 e. The van der Waals surface area contributed by atoms with Crippen molar-refractivity contribution in [2.24, 2.45) is 50.2 Å². The molecule has 0 spiro atoms. The Bertz CT molecular complexity index is 1780. The van der Waals surface area contributed by atoms with E-state index in [2.05, 4.69) is 54.5 Å². The number of ether oxygens (including phenoxy) is 6. The fourth-order valence-electron chi connectivity index (χ4n) is 15.0. The van der Waals surface area contributed by atoms with Gasteiger partial charge >= 0.3 is 5.97 Å². The number of aliphatic hydroxyl groups is 9. The average Bonchev–Trinajstić information content (AvgIpc) is 3.24. The number of carboxylic acids is 1. The lowest BCUT2D eigenvalue weighted by Gasteiger charge is -2.71. The van der Waals surface area contributed by atoms with Gasteiger partial charge in [0.05, 0.1) is 30.8 Å². The molecule has 3 aliphatic heterocycles. The van der Waals surface area contributed by atoms with Crippen molar-refractivity contribution in [3.63, 3.8) is 0 Å². The molecule has 0 aromatic carbocycles. The molecular formula is C48H78O17. The van der Waals surface area contributed by atoms with Crippen molar-refractivity contribution in [1.82, 2.24) is 0 Å². The van der Waals surface area contributed by atoms with Crippen LogP contribution < -0.4 is 0 Å². The van der Waals surface area contributed by atoms with Gasteiger partial charge in [-0.1, -0.05) is 60.1 Å². The topological polar surface area (TPSA) is 275 Å². The number of allylic oxidation sites excluding steroid dienone is 2. The molecule has 10 N–H and O–H groups in total. The summed E-state index contributed by atoms with van der Waals surface area (Å²) >= 11 is 0. The molecule has 0 amide bonds. The van der Waals surface area contributed by atoms with Crippen LogP contribution in [0.25, 0.3) is 0 Å². The minimum Gasteiger partial charge on any atom is -0.481 e. The number of rotatable bonds is 9. The predicted octanol–water partition coefficient (Wildman–Crippen LogP) is 1.73. The van der Waals surface area contributed by atoms with Crippen molar-refractivity contribution in [2.45, 2.75) is 218 Å². The van der Waals surface area contributed by atoms with Gasteiger partial charge in [0.1, 0.15) is 67.1 Å². The number of hydrogen-bond donors (Lipinski definition) is 10. The summed E-state index contributed by atoms with van der Waals surface area (Å²) in [6.07, 6.45) is -12.3. The van der Waals surface area contributed by atoms with Crippen LogP contribution >= 0.6 is 0 Å². The maximum absolute atomic E-state index is 13.1. The molecule has 4 saturated carbocycles. The number of aliphatic carboxylic acids is 1. The monoisotopic (exact) mass is 927 g/mol. The zero-order valence-electron chi connectivity index (χ0n) is 39.4. The fraction of sp³-hybridized carbons (Fsp3) is 0.938. The molecule has 8 rings (SSSR count). The summed E-state index contributed by atoms with van der Waals surface area (Å²) in [6.45, 7) is 16.6. The number of carboxylic acid groups (broad SMARTS) is 1. The largest absolute Gasteiger partial charge is 0.481 e. The second-order valence-corrected chi connectivity index (χ2v) is 23.5. The molecule has 0 aromatic rings. The summed E-state index contributed by atoms with van der Waals surface area (Å²) in [5.41, 5.74) is 0.128. The second kappa shape index (κ2) is 17.5. The van der Waals surface area contributed by atoms with Crippen LogP contribution in [0.3, 0.4) is 0 Å². The molecule has 8 aliphatic rings. The maximum atomic E-state index is 13.1. The fourth-order valence-corrected chi connectivity index (χ4v) is 15.0. The summed E-state index contributed by atoms with van der Waals surface area (Å²) < 4.78 is 35.5. The van der Waals surface area contributed by atoms with Gasteiger partial charge in [-0.25, -0.2) is 0 Å². The molecule has 372 valence electrons. The molecule has 3 saturated heterocycles. The quantitative estimate of drug-likeness (QED) is 0.117. The maximum Gasteiger partial charge on any atom is 0.310 e. The van der Waals surface area contributed by atoms with Gasteiger partial charge in [0.25, 0.3) is 0 Å². The van der Waals surface area contributed by atoms with E-state index in [0.717, 1.165) is 51.4 Å². The summed E-state index contributed by atoms with van der Waals surface area (Å²) in [6, 6.07) is 0. The van der Waals surface area contributed by atoms with Gasteiger partial charge in [0, 0.05) is 0 Å². The molecule has 23 atom stereocenters. The third-order valence-electron chi connectivity index (χ3n) is 19.3. The zero-order valence-corrected chi connectivity index (χ0v) is 39.4. The summed E-state index contributed by atoms with van der Waals surface area (Å²) in [7, 11) is 0. The van der Waals surface area contributed by atoms with Crippen LogP contribution in [0, 0.1) is 50.2 Å². The standard InChI is InChI=1S/C48H78O17/c1-22-30(50)32(52)35(55)40(61-22)65-38-25(20-49)62-39(37(57)34(38)54)60-21-26-31(51)33(53)36(56)41(63-26)64-29-12-13-45(6)27(44(29,4)5)11-14-47(8)28(45)10-9-23-24-19-43(2,3)15-17-48(24,42(58)59)18-16-46(23,47)7/h9,22,24-41,49-57H,10-21H2,1-8H3,(H,58,59). The zero-order chi connectivity index (χ0) is 47.6. The first-order valence-electron chi connectivity index (χ1n) is 24.2. The van der Waals surface area contributed by atoms with Crippen molar-refractivity contribution in [2.75, 3.05) is 13.2 Å². The average molecular weight is 927 g/mol. The van der Waals surface area contributed by atoms with Gasteiger partial charge in [-0.15, -0.1) is 0 Å². The molecule has 7 fully saturated rings. The van der Waals surface area contributed by atoms with E-state index in [1.54, 1.807) is 0 Å². The van der Waals surface area contributed by atoms with E-state index >= 15 is 0 Å².